The van der Waals surface area contributed by atoms with Crippen molar-refractivity contribution in [3.63, 3.8) is 0 Å². The molecule has 2 N–H and O–H groups in total. The second-order valence-corrected chi connectivity index (χ2v) is 11.1. The van der Waals surface area contributed by atoms with Crippen molar-refractivity contribution in [1.29, 1.82) is 0 Å². The Morgan fingerprint density at radius 3 is 2.39 bits per heavy atom. The van der Waals surface area contributed by atoms with Crippen LogP contribution in [0.3, 0.4) is 0 Å². The lowest BCUT2D eigenvalue weighted by molar-refractivity contribution is -0.144. The van der Waals surface area contributed by atoms with Gasteiger partial charge in [-0.25, -0.2) is 0 Å². The monoisotopic (exact) mass is 386 g/mol. The molecule has 3 heteroatoms. The molecule has 4 rings (SSSR count). The summed E-state index contributed by atoms with van der Waals surface area (Å²) in [5, 5.41) is 20.5. The van der Waals surface area contributed by atoms with E-state index >= 15 is 0 Å². The zero-order valence-electron chi connectivity index (χ0n) is 18.1. The highest BCUT2D eigenvalue weighted by atomic mass is 16.3. The van der Waals surface area contributed by atoms with Crippen LogP contribution >= 0.6 is 0 Å². The lowest BCUT2D eigenvalue weighted by Crippen LogP contribution is -2.56. The Morgan fingerprint density at radius 2 is 1.71 bits per heavy atom. The predicted octanol–water partition coefficient (Wildman–Crippen LogP) is 4.35. The summed E-state index contributed by atoms with van der Waals surface area (Å²) in [7, 11) is 0. The summed E-state index contributed by atoms with van der Waals surface area (Å²) in [6.07, 6.45) is 9.00. The summed E-state index contributed by atoms with van der Waals surface area (Å²) < 4.78 is 0. The van der Waals surface area contributed by atoms with Crippen molar-refractivity contribution in [1.82, 2.24) is 0 Å². The molecule has 4 saturated carbocycles. The van der Waals surface area contributed by atoms with Crippen LogP contribution in [0.1, 0.15) is 85.5 Å². The third-order valence-corrected chi connectivity index (χ3v) is 9.73. The first kappa shape index (κ1) is 20.4. The summed E-state index contributed by atoms with van der Waals surface area (Å²) >= 11 is 0. The van der Waals surface area contributed by atoms with Gasteiger partial charge in [-0.05, 0) is 106 Å². The third-order valence-electron chi connectivity index (χ3n) is 9.73. The van der Waals surface area contributed by atoms with Crippen LogP contribution in [0.25, 0.3) is 0 Å². The standard InChI is InChI=1S/C25H38O3/c1-16(26)9-12-25(28)14-13-23(3)18(15-25)5-6-19-21-8-7-20(17(2)27)24(21,4)11-10-22(19)23/h16,18-22,26,28H,5-8,10-11,13-15H2,1-4H3/t16?,18-,19+,20-,21+,22+,23+,24-,25+/m1/s1. The van der Waals surface area contributed by atoms with Crippen molar-refractivity contribution in [2.45, 2.75) is 97.2 Å². The Bertz CT molecular complexity index is 702. The number of carbonyl (C=O) groups excluding carboxylic acids is 1. The number of hydrogen-bond donors (Lipinski definition) is 2. The fourth-order valence-corrected chi connectivity index (χ4v) is 8.27. The second-order valence-electron chi connectivity index (χ2n) is 11.1. The topological polar surface area (TPSA) is 57.5 Å². The smallest absolute Gasteiger partial charge is 0.133 e. The minimum atomic E-state index is -0.926. The van der Waals surface area contributed by atoms with Gasteiger partial charge < -0.3 is 10.2 Å². The predicted molar refractivity (Wildman–Crippen MR) is 110 cm³/mol. The molecule has 0 aromatic heterocycles. The first-order chi connectivity index (χ1) is 13.1. The average molecular weight is 387 g/mol. The summed E-state index contributed by atoms with van der Waals surface area (Å²) in [6.45, 7) is 8.35. The quantitative estimate of drug-likeness (QED) is 0.659. The summed E-state index contributed by atoms with van der Waals surface area (Å²) in [5.74, 6) is 9.17. The van der Waals surface area contributed by atoms with Crippen molar-refractivity contribution in [2.24, 2.45) is 40.4 Å². The number of aliphatic hydroxyl groups is 2. The van der Waals surface area contributed by atoms with Crippen molar-refractivity contribution in [3.05, 3.63) is 0 Å². The van der Waals surface area contributed by atoms with Gasteiger partial charge in [0.2, 0.25) is 0 Å². The Labute approximate surface area is 170 Å². The minimum Gasteiger partial charge on any atom is -0.381 e. The van der Waals surface area contributed by atoms with Crippen LogP contribution in [-0.2, 0) is 4.79 Å². The van der Waals surface area contributed by atoms with E-state index in [0.717, 1.165) is 37.5 Å². The maximum absolute atomic E-state index is 12.3. The Kier molecular flexibility index (Phi) is 4.99. The van der Waals surface area contributed by atoms with E-state index in [1.54, 1.807) is 13.8 Å². The lowest BCUT2D eigenvalue weighted by atomic mass is 9.44. The van der Waals surface area contributed by atoms with Crippen LogP contribution < -0.4 is 0 Å². The highest BCUT2D eigenvalue weighted by molar-refractivity contribution is 5.79. The van der Waals surface area contributed by atoms with Gasteiger partial charge >= 0.3 is 0 Å². The molecule has 0 radical (unpaired) electrons. The van der Waals surface area contributed by atoms with Crippen LogP contribution in [0, 0.1) is 52.3 Å². The maximum atomic E-state index is 12.3. The normalized spacial score (nSPS) is 51.1. The highest BCUT2D eigenvalue weighted by Gasteiger charge is 2.61. The van der Waals surface area contributed by atoms with Crippen molar-refractivity contribution < 1.29 is 15.0 Å². The van der Waals surface area contributed by atoms with Crippen LogP contribution in [0.5, 0.6) is 0 Å². The molecule has 0 aliphatic heterocycles. The first-order valence-corrected chi connectivity index (χ1v) is 11.5. The Morgan fingerprint density at radius 1 is 1.00 bits per heavy atom. The summed E-state index contributed by atoms with van der Waals surface area (Å²) in [6, 6.07) is 0. The van der Waals surface area contributed by atoms with Gasteiger partial charge in [0.05, 0.1) is 0 Å². The van der Waals surface area contributed by atoms with Crippen molar-refractivity contribution >= 4 is 5.78 Å². The molecular weight excluding hydrogens is 348 g/mol. The molecule has 9 atom stereocenters. The second kappa shape index (κ2) is 6.85. The van der Waals surface area contributed by atoms with E-state index < -0.39 is 11.7 Å². The van der Waals surface area contributed by atoms with Gasteiger partial charge in [-0.2, -0.15) is 0 Å². The zero-order chi connectivity index (χ0) is 20.3. The third kappa shape index (κ3) is 3.07. The number of Topliss-reactive ketones (excluding diaryl/α,β-unsaturated/α-hetero) is 1. The first-order valence-electron chi connectivity index (χ1n) is 11.5. The van der Waals surface area contributed by atoms with Crippen molar-refractivity contribution in [2.75, 3.05) is 0 Å². The molecule has 0 heterocycles. The molecule has 0 amide bonds. The van der Waals surface area contributed by atoms with Gasteiger partial charge in [0.25, 0.3) is 0 Å². The van der Waals surface area contributed by atoms with E-state index in [0.29, 0.717) is 17.6 Å². The van der Waals surface area contributed by atoms with E-state index in [4.69, 9.17) is 0 Å². The molecule has 4 aliphatic rings. The van der Waals surface area contributed by atoms with Gasteiger partial charge in [-0.3, -0.25) is 4.79 Å². The molecule has 0 aromatic carbocycles. The molecule has 0 saturated heterocycles. The van der Waals surface area contributed by atoms with Crippen LogP contribution in [0.15, 0.2) is 0 Å². The SMILES string of the molecule is CC(=O)[C@H]1CC[C@H]2[C@@H]3CC[C@@H]4C[C@](O)(C#CC(C)O)CC[C@]4(C)[C@H]3CC[C@]12C. The van der Waals surface area contributed by atoms with Crippen LogP contribution in [-0.4, -0.2) is 27.7 Å². The van der Waals surface area contributed by atoms with Gasteiger partial charge in [-0.1, -0.05) is 25.7 Å². The number of rotatable bonds is 1. The van der Waals surface area contributed by atoms with E-state index in [9.17, 15) is 15.0 Å². The largest absolute Gasteiger partial charge is 0.381 e. The fraction of sp³-hybridized carbons (Fsp3) is 0.880. The van der Waals surface area contributed by atoms with Gasteiger partial charge in [0.1, 0.15) is 17.5 Å². The number of ketones is 1. The summed E-state index contributed by atoms with van der Waals surface area (Å²) in [4.78, 5) is 12.3. The lowest BCUT2D eigenvalue weighted by Gasteiger charge is -2.61. The molecular formula is C25H38O3. The molecule has 156 valence electrons. The van der Waals surface area contributed by atoms with E-state index in [1.165, 1.54) is 32.1 Å². The Balaban J connectivity index is 1.55. The van der Waals surface area contributed by atoms with Gasteiger partial charge in [0.15, 0.2) is 0 Å². The van der Waals surface area contributed by atoms with Crippen LogP contribution in [0.4, 0.5) is 0 Å². The molecule has 3 nitrogen and oxygen atoms in total. The number of carbonyl (C=O) groups is 1. The maximum Gasteiger partial charge on any atom is 0.133 e. The van der Waals surface area contributed by atoms with E-state index in [1.807, 2.05) is 0 Å². The number of aliphatic hydroxyl groups excluding tert-OH is 1. The van der Waals surface area contributed by atoms with Gasteiger partial charge in [0, 0.05) is 5.92 Å². The molecule has 1 unspecified atom stereocenters. The fourth-order valence-electron chi connectivity index (χ4n) is 8.27. The number of fused-ring (bicyclic) bond motifs is 5. The highest BCUT2D eigenvalue weighted by Crippen LogP contribution is 2.68. The molecule has 0 bridgehead atoms. The van der Waals surface area contributed by atoms with Crippen molar-refractivity contribution in [3.8, 4) is 11.8 Å². The van der Waals surface area contributed by atoms with Gasteiger partial charge in [-0.15, -0.1) is 0 Å². The molecule has 28 heavy (non-hydrogen) atoms. The van der Waals surface area contributed by atoms with E-state index in [-0.39, 0.29) is 16.7 Å². The molecule has 4 aliphatic carbocycles. The molecule has 4 fully saturated rings. The zero-order valence-corrected chi connectivity index (χ0v) is 18.1. The summed E-state index contributed by atoms with van der Waals surface area (Å²) in [5.41, 5.74) is -0.421. The molecule has 0 aromatic rings. The van der Waals surface area contributed by atoms with E-state index in [2.05, 4.69) is 25.7 Å². The Hall–Kier alpha value is -0.850. The minimum absolute atomic E-state index is 0.217. The van der Waals surface area contributed by atoms with Crippen LogP contribution in [0.2, 0.25) is 0 Å². The number of hydrogen-bond acceptors (Lipinski definition) is 3. The average Bonchev–Trinajstić information content (AvgIpc) is 2.98. The molecule has 0 spiro atoms.